The molecule has 2 saturated heterocycles. The molecule has 0 saturated carbocycles. The molecule has 0 aliphatic carbocycles. The van der Waals surface area contributed by atoms with Crippen molar-refractivity contribution in [2.24, 2.45) is 0 Å². The molecule has 5 rings (SSSR count). The highest BCUT2D eigenvalue weighted by atomic mass is 35.5. The van der Waals surface area contributed by atoms with Gasteiger partial charge in [-0.1, -0.05) is 41.4 Å². The lowest BCUT2D eigenvalue weighted by Gasteiger charge is -2.33. The van der Waals surface area contributed by atoms with E-state index in [1.165, 1.54) is 23.1 Å². The number of carbonyl (C=O) groups is 3. The van der Waals surface area contributed by atoms with Crippen LogP contribution in [0.1, 0.15) is 22.6 Å². The Labute approximate surface area is 223 Å². The number of benzene rings is 2. The molecular formula is C27H21Cl2N5O3. The third kappa shape index (κ3) is 4.20. The molecule has 2 fully saturated rings. The van der Waals surface area contributed by atoms with Crippen molar-refractivity contribution < 1.29 is 14.4 Å². The summed E-state index contributed by atoms with van der Waals surface area (Å²) in [6, 6.07) is 16.5. The van der Waals surface area contributed by atoms with Gasteiger partial charge in [0.05, 0.1) is 30.3 Å². The number of pyridine rings is 1. The van der Waals surface area contributed by atoms with Crippen LogP contribution in [0.15, 0.2) is 67.0 Å². The molecule has 186 valence electrons. The first-order chi connectivity index (χ1) is 17.7. The number of nitrogens with zero attached hydrogens (tertiary/aromatic N) is 5. The lowest BCUT2D eigenvalue weighted by molar-refractivity contribution is -0.130. The minimum atomic E-state index is -1.36. The fourth-order valence-corrected chi connectivity index (χ4v) is 5.70. The van der Waals surface area contributed by atoms with E-state index in [2.05, 4.69) is 11.1 Å². The van der Waals surface area contributed by atoms with E-state index in [1.807, 2.05) is 6.07 Å². The third-order valence-electron chi connectivity index (χ3n) is 7.04. The molecule has 1 aromatic heterocycles. The fourth-order valence-electron chi connectivity index (χ4n) is 5.18. The van der Waals surface area contributed by atoms with E-state index in [-0.39, 0.29) is 41.2 Å². The maximum atomic E-state index is 14.2. The highest BCUT2D eigenvalue weighted by Gasteiger charge is 2.64. The van der Waals surface area contributed by atoms with Crippen LogP contribution in [0.3, 0.4) is 0 Å². The van der Waals surface area contributed by atoms with Gasteiger partial charge in [0.2, 0.25) is 5.91 Å². The molecule has 8 nitrogen and oxygen atoms in total. The van der Waals surface area contributed by atoms with Crippen LogP contribution in [0, 0.1) is 11.3 Å². The van der Waals surface area contributed by atoms with Gasteiger partial charge in [0, 0.05) is 41.9 Å². The van der Waals surface area contributed by atoms with Crippen molar-refractivity contribution in [1.29, 1.82) is 5.26 Å². The molecule has 3 aromatic rings. The predicted octanol–water partition coefficient (Wildman–Crippen LogP) is 4.27. The molecule has 2 aromatic carbocycles. The van der Waals surface area contributed by atoms with Crippen molar-refractivity contribution in [2.45, 2.75) is 17.9 Å². The zero-order valence-corrected chi connectivity index (χ0v) is 21.3. The average molecular weight is 534 g/mol. The van der Waals surface area contributed by atoms with Crippen LogP contribution in [-0.2, 0) is 16.0 Å². The number of urea groups is 1. The number of amides is 4. The van der Waals surface area contributed by atoms with Crippen LogP contribution in [-0.4, -0.2) is 58.3 Å². The minimum Gasteiger partial charge on any atom is -0.339 e. The fraction of sp³-hybridized carbons (Fsp3) is 0.222. The van der Waals surface area contributed by atoms with Gasteiger partial charge in [0.1, 0.15) is 5.54 Å². The SMILES string of the molecule is CN1C(=O)N(c2cc(Cl)cc(Cl)c2)C(=O)C12CN(C(=O)Cc1cccnc1)CC2c1ccc(C#N)cc1. The maximum absolute atomic E-state index is 14.2. The topological polar surface area (TPSA) is 97.6 Å². The van der Waals surface area contributed by atoms with E-state index in [0.29, 0.717) is 5.56 Å². The predicted molar refractivity (Wildman–Crippen MR) is 138 cm³/mol. The summed E-state index contributed by atoms with van der Waals surface area (Å²) in [6.45, 7) is 0.237. The summed E-state index contributed by atoms with van der Waals surface area (Å²) in [6.07, 6.45) is 3.38. The van der Waals surface area contributed by atoms with Gasteiger partial charge in [-0.15, -0.1) is 0 Å². The Morgan fingerprint density at radius 3 is 2.46 bits per heavy atom. The Bertz CT molecular complexity index is 1420. The normalized spacial score (nSPS) is 21.1. The zero-order valence-electron chi connectivity index (χ0n) is 19.8. The second-order valence-corrected chi connectivity index (χ2v) is 10.0. The Kier molecular flexibility index (Phi) is 6.36. The lowest BCUT2D eigenvalue weighted by atomic mass is 9.80. The number of nitriles is 1. The molecule has 2 unspecified atom stereocenters. The largest absolute Gasteiger partial charge is 0.339 e. The minimum absolute atomic E-state index is 0.0165. The average Bonchev–Trinajstić information content (AvgIpc) is 3.37. The van der Waals surface area contributed by atoms with Crippen LogP contribution in [0.4, 0.5) is 10.5 Å². The van der Waals surface area contributed by atoms with E-state index >= 15 is 0 Å². The summed E-state index contributed by atoms with van der Waals surface area (Å²) >= 11 is 12.3. The van der Waals surface area contributed by atoms with Crippen LogP contribution in [0.25, 0.3) is 0 Å². The lowest BCUT2D eigenvalue weighted by Crippen LogP contribution is -2.54. The number of carbonyl (C=O) groups excluding carboxylic acids is 3. The number of hydrogen-bond donors (Lipinski definition) is 0. The number of likely N-dealkylation sites (N-methyl/N-ethyl adjacent to an activating group) is 1. The first kappa shape index (κ1) is 24.8. The number of rotatable bonds is 4. The number of halogens is 2. The van der Waals surface area contributed by atoms with E-state index < -0.39 is 23.4 Å². The summed E-state index contributed by atoms with van der Waals surface area (Å²) in [7, 11) is 1.57. The van der Waals surface area contributed by atoms with Crippen molar-refractivity contribution in [1.82, 2.24) is 14.8 Å². The van der Waals surface area contributed by atoms with Crippen molar-refractivity contribution in [3.05, 3.63) is 93.7 Å². The Balaban J connectivity index is 1.57. The summed E-state index contributed by atoms with van der Waals surface area (Å²) in [5.41, 5.74) is 0.869. The molecule has 4 amide bonds. The molecular weight excluding hydrogens is 513 g/mol. The van der Waals surface area contributed by atoms with Crippen molar-refractivity contribution in [3.8, 4) is 6.07 Å². The molecule has 0 N–H and O–H groups in total. The molecule has 2 aliphatic rings. The van der Waals surface area contributed by atoms with E-state index in [4.69, 9.17) is 23.2 Å². The van der Waals surface area contributed by atoms with Gasteiger partial charge < -0.3 is 9.80 Å². The number of aromatic nitrogens is 1. The van der Waals surface area contributed by atoms with Crippen molar-refractivity contribution >= 4 is 46.7 Å². The molecule has 37 heavy (non-hydrogen) atoms. The highest BCUT2D eigenvalue weighted by molar-refractivity contribution is 6.35. The standard InChI is InChI=1S/C27H21Cl2N5O3/c1-32-26(37)34(22-11-20(28)10-21(29)12-22)25(36)27(32)16-33(24(35)9-18-3-2-8-31-14-18)15-23(27)19-6-4-17(13-30)5-7-19/h2-8,10-12,14,23H,9,15-16H2,1H3. The first-order valence-electron chi connectivity index (χ1n) is 11.5. The van der Waals surface area contributed by atoms with Crippen molar-refractivity contribution in [3.63, 3.8) is 0 Å². The Morgan fingerprint density at radius 1 is 1.14 bits per heavy atom. The van der Waals surface area contributed by atoms with Gasteiger partial charge in [-0.3, -0.25) is 14.6 Å². The first-order valence-corrected chi connectivity index (χ1v) is 12.3. The molecule has 1 spiro atoms. The number of imide groups is 1. The summed E-state index contributed by atoms with van der Waals surface area (Å²) < 4.78 is 0. The number of hydrogen-bond acceptors (Lipinski definition) is 5. The van der Waals surface area contributed by atoms with Crippen LogP contribution < -0.4 is 4.90 Å². The second kappa shape index (κ2) is 9.51. The van der Waals surface area contributed by atoms with Gasteiger partial charge in [-0.05, 0) is 47.5 Å². The smallest absolute Gasteiger partial charge is 0.332 e. The molecule has 3 heterocycles. The third-order valence-corrected chi connectivity index (χ3v) is 7.48. The van der Waals surface area contributed by atoms with E-state index in [1.54, 1.807) is 54.7 Å². The zero-order chi connectivity index (χ0) is 26.3. The molecule has 2 atom stereocenters. The van der Waals surface area contributed by atoms with Gasteiger partial charge in [0.15, 0.2) is 0 Å². The monoisotopic (exact) mass is 533 g/mol. The van der Waals surface area contributed by atoms with Gasteiger partial charge in [-0.2, -0.15) is 5.26 Å². The Hall–Kier alpha value is -3.93. The van der Waals surface area contributed by atoms with Gasteiger partial charge in [0.25, 0.3) is 5.91 Å². The van der Waals surface area contributed by atoms with E-state index in [9.17, 15) is 19.6 Å². The highest BCUT2D eigenvalue weighted by Crippen LogP contribution is 2.46. The quantitative estimate of drug-likeness (QED) is 0.466. The van der Waals surface area contributed by atoms with Gasteiger partial charge in [-0.25, -0.2) is 9.69 Å². The molecule has 10 heteroatoms. The van der Waals surface area contributed by atoms with Crippen LogP contribution in [0.2, 0.25) is 10.0 Å². The summed E-state index contributed by atoms with van der Waals surface area (Å²) in [4.78, 5) is 49.2. The summed E-state index contributed by atoms with van der Waals surface area (Å²) in [5.74, 6) is -1.18. The molecule has 0 radical (unpaired) electrons. The number of anilines is 1. The van der Waals surface area contributed by atoms with E-state index in [0.717, 1.165) is 16.0 Å². The van der Waals surface area contributed by atoms with Crippen LogP contribution in [0.5, 0.6) is 0 Å². The van der Waals surface area contributed by atoms with Crippen LogP contribution >= 0.6 is 23.2 Å². The summed E-state index contributed by atoms with van der Waals surface area (Å²) in [5, 5.41) is 9.81. The Morgan fingerprint density at radius 2 is 1.84 bits per heavy atom. The maximum Gasteiger partial charge on any atom is 0.332 e. The van der Waals surface area contributed by atoms with Gasteiger partial charge >= 0.3 is 6.03 Å². The molecule has 2 aliphatic heterocycles. The number of likely N-dealkylation sites (tertiary alicyclic amines) is 1. The molecule has 0 bridgehead atoms. The van der Waals surface area contributed by atoms with Crippen molar-refractivity contribution in [2.75, 3.05) is 25.0 Å². The second-order valence-electron chi connectivity index (χ2n) is 9.13.